The molecular formula is C16H18N4OS. The lowest BCUT2D eigenvalue weighted by Crippen LogP contribution is -2.25. The second-order valence-corrected chi connectivity index (χ2v) is 6.30. The predicted molar refractivity (Wildman–Crippen MR) is 88.3 cm³/mol. The SMILES string of the molecule is Cc1nc(C(=O)NCCCn2ncc3c(C)cccc32)cs1. The first-order valence-corrected chi connectivity index (χ1v) is 8.14. The second-order valence-electron chi connectivity index (χ2n) is 5.24. The number of hydrogen-bond donors (Lipinski definition) is 1. The van der Waals surface area contributed by atoms with Gasteiger partial charge in [-0.05, 0) is 31.9 Å². The number of nitrogens with one attached hydrogen (secondary N) is 1. The fraction of sp³-hybridized carbons (Fsp3) is 0.312. The molecule has 0 fully saturated rings. The summed E-state index contributed by atoms with van der Waals surface area (Å²) >= 11 is 1.49. The molecule has 0 aliphatic heterocycles. The number of carbonyl (C=O) groups excluding carboxylic acids is 1. The Hall–Kier alpha value is -2.21. The first-order valence-electron chi connectivity index (χ1n) is 7.26. The van der Waals surface area contributed by atoms with Crippen molar-refractivity contribution < 1.29 is 4.79 Å². The molecule has 3 rings (SSSR count). The minimum Gasteiger partial charge on any atom is -0.351 e. The molecule has 5 nitrogen and oxygen atoms in total. The summed E-state index contributed by atoms with van der Waals surface area (Å²) in [7, 11) is 0. The maximum absolute atomic E-state index is 11.9. The summed E-state index contributed by atoms with van der Waals surface area (Å²) in [5.74, 6) is -0.106. The highest BCUT2D eigenvalue weighted by Gasteiger charge is 2.08. The van der Waals surface area contributed by atoms with E-state index in [9.17, 15) is 4.79 Å². The number of rotatable bonds is 5. The third-order valence-electron chi connectivity index (χ3n) is 3.59. The van der Waals surface area contributed by atoms with Crippen LogP contribution in [0.25, 0.3) is 10.9 Å². The molecule has 3 aromatic rings. The van der Waals surface area contributed by atoms with E-state index < -0.39 is 0 Å². The highest BCUT2D eigenvalue weighted by molar-refractivity contribution is 7.09. The van der Waals surface area contributed by atoms with E-state index in [1.807, 2.05) is 23.9 Å². The molecule has 1 aromatic carbocycles. The Morgan fingerprint density at radius 3 is 3.00 bits per heavy atom. The normalized spacial score (nSPS) is 11.0. The average Bonchev–Trinajstić information content (AvgIpc) is 3.11. The minimum absolute atomic E-state index is 0.106. The Bertz CT molecular complexity index is 805. The van der Waals surface area contributed by atoms with Crippen LogP contribution in [0.2, 0.25) is 0 Å². The molecule has 0 radical (unpaired) electrons. The molecule has 1 amide bonds. The lowest BCUT2D eigenvalue weighted by atomic mass is 10.1. The van der Waals surface area contributed by atoms with Gasteiger partial charge in [0.2, 0.25) is 0 Å². The maximum Gasteiger partial charge on any atom is 0.270 e. The van der Waals surface area contributed by atoms with E-state index in [1.54, 1.807) is 5.38 Å². The fourth-order valence-corrected chi connectivity index (χ4v) is 3.01. The molecule has 0 spiro atoms. The zero-order valence-electron chi connectivity index (χ0n) is 12.7. The van der Waals surface area contributed by atoms with Gasteiger partial charge in [0.05, 0.1) is 16.7 Å². The Morgan fingerprint density at radius 2 is 2.23 bits per heavy atom. The zero-order chi connectivity index (χ0) is 15.5. The smallest absolute Gasteiger partial charge is 0.270 e. The number of hydrogen-bond acceptors (Lipinski definition) is 4. The van der Waals surface area contributed by atoms with E-state index in [4.69, 9.17) is 0 Å². The maximum atomic E-state index is 11.9. The lowest BCUT2D eigenvalue weighted by Gasteiger charge is -2.05. The minimum atomic E-state index is -0.106. The van der Waals surface area contributed by atoms with Gasteiger partial charge < -0.3 is 5.32 Å². The molecule has 0 aliphatic rings. The van der Waals surface area contributed by atoms with Crippen molar-refractivity contribution >= 4 is 28.1 Å². The summed E-state index contributed by atoms with van der Waals surface area (Å²) in [6, 6.07) is 6.21. The molecule has 0 saturated heterocycles. The van der Waals surface area contributed by atoms with E-state index in [0.717, 1.165) is 23.5 Å². The number of fused-ring (bicyclic) bond motifs is 1. The quantitative estimate of drug-likeness (QED) is 0.737. The topological polar surface area (TPSA) is 59.8 Å². The van der Waals surface area contributed by atoms with Gasteiger partial charge in [-0.3, -0.25) is 9.48 Å². The summed E-state index contributed by atoms with van der Waals surface area (Å²) in [5, 5.41) is 11.2. The number of aromatic nitrogens is 3. The Balaban J connectivity index is 1.54. The van der Waals surface area contributed by atoms with Crippen molar-refractivity contribution in [3.8, 4) is 0 Å². The molecule has 2 aromatic heterocycles. The third-order valence-corrected chi connectivity index (χ3v) is 4.36. The highest BCUT2D eigenvalue weighted by atomic mass is 32.1. The van der Waals surface area contributed by atoms with E-state index in [-0.39, 0.29) is 5.91 Å². The second kappa shape index (κ2) is 6.27. The van der Waals surface area contributed by atoms with Crippen LogP contribution in [-0.2, 0) is 6.54 Å². The number of benzene rings is 1. The number of thiazole rings is 1. The zero-order valence-corrected chi connectivity index (χ0v) is 13.5. The van der Waals surface area contributed by atoms with Crippen LogP contribution in [0.4, 0.5) is 0 Å². The van der Waals surface area contributed by atoms with Gasteiger partial charge in [-0.25, -0.2) is 4.98 Å². The Labute approximate surface area is 133 Å². The summed E-state index contributed by atoms with van der Waals surface area (Å²) in [5.41, 5.74) is 2.88. The van der Waals surface area contributed by atoms with Gasteiger partial charge in [-0.15, -0.1) is 11.3 Å². The highest BCUT2D eigenvalue weighted by Crippen LogP contribution is 2.17. The van der Waals surface area contributed by atoms with Crippen molar-refractivity contribution in [3.63, 3.8) is 0 Å². The number of carbonyl (C=O) groups is 1. The molecular weight excluding hydrogens is 296 g/mol. The molecule has 22 heavy (non-hydrogen) atoms. The van der Waals surface area contributed by atoms with Gasteiger partial charge in [-0.1, -0.05) is 12.1 Å². The first kappa shape index (κ1) is 14.7. The van der Waals surface area contributed by atoms with Gasteiger partial charge in [0.1, 0.15) is 5.69 Å². The Morgan fingerprint density at radius 1 is 1.36 bits per heavy atom. The molecule has 6 heteroatoms. The number of nitrogens with zero attached hydrogens (tertiary/aromatic N) is 3. The van der Waals surface area contributed by atoms with Crippen LogP contribution in [0.1, 0.15) is 27.5 Å². The van der Waals surface area contributed by atoms with Gasteiger partial charge >= 0.3 is 0 Å². The van der Waals surface area contributed by atoms with E-state index in [1.165, 1.54) is 22.3 Å². The van der Waals surface area contributed by atoms with Gasteiger partial charge in [-0.2, -0.15) is 5.10 Å². The van der Waals surface area contributed by atoms with E-state index in [0.29, 0.717) is 12.2 Å². The van der Waals surface area contributed by atoms with Crippen molar-refractivity contribution in [1.29, 1.82) is 0 Å². The van der Waals surface area contributed by atoms with Crippen LogP contribution >= 0.6 is 11.3 Å². The fourth-order valence-electron chi connectivity index (χ4n) is 2.42. The van der Waals surface area contributed by atoms with Crippen molar-refractivity contribution in [2.24, 2.45) is 0 Å². The Kier molecular flexibility index (Phi) is 4.20. The van der Waals surface area contributed by atoms with Crippen molar-refractivity contribution in [3.05, 3.63) is 46.0 Å². The summed E-state index contributed by atoms with van der Waals surface area (Å²) in [4.78, 5) is 16.1. The number of amides is 1. The predicted octanol–water partition coefficient (Wildman–Crippen LogP) is 2.93. The van der Waals surface area contributed by atoms with Crippen LogP contribution in [0.3, 0.4) is 0 Å². The molecule has 0 saturated carbocycles. The lowest BCUT2D eigenvalue weighted by molar-refractivity contribution is 0.0948. The third kappa shape index (κ3) is 3.01. The van der Waals surface area contributed by atoms with Crippen LogP contribution in [0, 0.1) is 13.8 Å². The first-order chi connectivity index (χ1) is 10.6. The molecule has 0 atom stereocenters. The summed E-state index contributed by atoms with van der Waals surface area (Å²) in [6.45, 7) is 5.38. The molecule has 0 aliphatic carbocycles. The molecule has 114 valence electrons. The molecule has 0 bridgehead atoms. The van der Waals surface area contributed by atoms with Crippen LogP contribution < -0.4 is 5.32 Å². The van der Waals surface area contributed by atoms with Crippen molar-refractivity contribution in [1.82, 2.24) is 20.1 Å². The van der Waals surface area contributed by atoms with Gasteiger partial charge in [0.15, 0.2) is 0 Å². The van der Waals surface area contributed by atoms with Gasteiger partial charge in [0.25, 0.3) is 5.91 Å². The van der Waals surface area contributed by atoms with Crippen molar-refractivity contribution in [2.75, 3.05) is 6.54 Å². The van der Waals surface area contributed by atoms with Crippen molar-refractivity contribution in [2.45, 2.75) is 26.8 Å². The summed E-state index contributed by atoms with van der Waals surface area (Å²) in [6.07, 6.45) is 2.74. The van der Waals surface area contributed by atoms with Crippen LogP contribution in [0.5, 0.6) is 0 Å². The van der Waals surface area contributed by atoms with Crippen LogP contribution in [-0.4, -0.2) is 27.2 Å². The number of aryl methyl sites for hydroxylation is 3. The summed E-state index contributed by atoms with van der Waals surface area (Å²) < 4.78 is 1.99. The standard InChI is InChI=1S/C16H18N4OS/c1-11-5-3-6-15-13(11)9-18-20(15)8-4-7-17-16(21)14-10-22-12(2)19-14/h3,5-6,9-10H,4,7-8H2,1-2H3,(H,17,21). The molecule has 0 unspecified atom stereocenters. The molecule has 2 heterocycles. The average molecular weight is 314 g/mol. The van der Waals surface area contributed by atoms with E-state index in [2.05, 4.69) is 34.5 Å². The van der Waals surface area contributed by atoms with E-state index >= 15 is 0 Å². The largest absolute Gasteiger partial charge is 0.351 e. The monoisotopic (exact) mass is 314 g/mol. The molecule has 1 N–H and O–H groups in total. The van der Waals surface area contributed by atoms with Gasteiger partial charge in [0, 0.05) is 23.9 Å². The van der Waals surface area contributed by atoms with Crippen LogP contribution in [0.15, 0.2) is 29.8 Å².